The van der Waals surface area contributed by atoms with Crippen molar-refractivity contribution in [3.63, 3.8) is 0 Å². The molecule has 0 aliphatic carbocycles. The second-order valence-corrected chi connectivity index (χ2v) is 8.29. The first-order chi connectivity index (χ1) is 17.7. The van der Waals surface area contributed by atoms with Crippen molar-refractivity contribution in [2.75, 3.05) is 12.4 Å². The summed E-state index contributed by atoms with van der Waals surface area (Å²) in [6.07, 6.45) is 6.09. The van der Waals surface area contributed by atoms with Gasteiger partial charge in [0.1, 0.15) is 5.82 Å². The van der Waals surface area contributed by atoms with Crippen molar-refractivity contribution >= 4 is 22.7 Å². The SMILES string of the molecule is COC(=O)CCc1cncc(-c2nc(NCc3ccccn3)c3c(-c4ccccc4)cccc3n2)c1. The van der Waals surface area contributed by atoms with Crippen LogP contribution in [0.2, 0.25) is 0 Å². The predicted molar refractivity (Wildman–Crippen MR) is 140 cm³/mol. The molecule has 178 valence electrons. The van der Waals surface area contributed by atoms with Crippen LogP contribution in [0.3, 0.4) is 0 Å². The molecule has 2 aromatic carbocycles. The first-order valence-corrected chi connectivity index (χ1v) is 11.7. The molecule has 5 aromatic rings. The number of aryl methyl sites for hydroxylation is 1. The fraction of sp³-hybridized carbons (Fsp3) is 0.138. The number of anilines is 1. The van der Waals surface area contributed by atoms with Crippen molar-refractivity contribution in [2.45, 2.75) is 19.4 Å². The number of ether oxygens (including phenoxy) is 1. The minimum absolute atomic E-state index is 0.253. The van der Waals surface area contributed by atoms with Crippen molar-refractivity contribution in [2.24, 2.45) is 0 Å². The van der Waals surface area contributed by atoms with E-state index in [-0.39, 0.29) is 12.4 Å². The number of hydrogen-bond acceptors (Lipinski definition) is 7. The standard InChI is InChI=1S/C29H25N5O2/c1-36-26(35)14-13-20-16-22(18-30-17-20)28-33-25-12-7-11-24(21-8-3-2-4-9-21)27(25)29(34-28)32-19-23-10-5-6-15-31-23/h2-12,15-18H,13-14,19H2,1H3,(H,32,33,34). The van der Waals surface area contributed by atoms with Crippen LogP contribution in [0, 0.1) is 0 Å². The van der Waals surface area contributed by atoms with Crippen molar-refractivity contribution < 1.29 is 9.53 Å². The minimum Gasteiger partial charge on any atom is -0.469 e. The number of esters is 1. The van der Waals surface area contributed by atoms with E-state index in [1.54, 1.807) is 18.6 Å². The molecular formula is C29H25N5O2. The molecule has 36 heavy (non-hydrogen) atoms. The molecule has 0 saturated heterocycles. The minimum atomic E-state index is -0.253. The van der Waals surface area contributed by atoms with Gasteiger partial charge in [0.2, 0.25) is 0 Å². The first-order valence-electron chi connectivity index (χ1n) is 11.7. The van der Waals surface area contributed by atoms with E-state index in [2.05, 4.69) is 33.5 Å². The molecule has 0 bridgehead atoms. The Morgan fingerprint density at radius 1 is 0.917 bits per heavy atom. The maximum Gasteiger partial charge on any atom is 0.305 e. The summed E-state index contributed by atoms with van der Waals surface area (Å²) in [5.41, 5.74) is 5.58. The Morgan fingerprint density at radius 2 is 1.78 bits per heavy atom. The van der Waals surface area contributed by atoms with Gasteiger partial charge in [-0.05, 0) is 47.4 Å². The Bertz CT molecular complexity index is 1490. The van der Waals surface area contributed by atoms with Crippen LogP contribution < -0.4 is 5.32 Å². The lowest BCUT2D eigenvalue weighted by atomic mass is 10.0. The van der Waals surface area contributed by atoms with E-state index in [1.165, 1.54) is 7.11 Å². The third-order valence-electron chi connectivity index (χ3n) is 5.87. The van der Waals surface area contributed by atoms with E-state index in [0.717, 1.165) is 44.7 Å². The van der Waals surface area contributed by atoms with Crippen LogP contribution in [0.5, 0.6) is 0 Å². The highest BCUT2D eigenvalue weighted by Gasteiger charge is 2.15. The number of benzene rings is 2. The number of hydrogen-bond donors (Lipinski definition) is 1. The molecule has 0 fully saturated rings. The average molecular weight is 476 g/mol. The Kier molecular flexibility index (Phi) is 6.89. The number of aromatic nitrogens is 4. The van der Waals surface area contributed by atoms with E-state index >= 15 is 0 Å². The summed E-state index contributed by atoms with van der Waals surface area (Å²) in [4.78, 5) is 30.2. The number of methoxy groups -OCH3 is 1. The third-order valence-corrected chi connectivity index (χ3v) is 5.87. The Morgan fingerprint density at radius 3 is 2.58 bits per heavy atom. The van der Waals surface area contributed by atoms with Crippen LogP contribution in [0.25, 0.3) is 33.4 Å². The van der Waals surface area contributed by atoms with Crippen LogP contribution in [-0.2, 0) is 22.5 Å². The second kappa shape index (κ2) is 10.7. The molecule has 5 rings (SSSR count). The number of carbonyl (C=O) groups excluding carboxylic acids is 1. The van der Waals surface area contributed by atoms with Gasteiger partial charge in [0.05, 0.1) is 30.3 Å². The van der Waals surface area contributed by atoms with Crippen LogP contribution in [0.4, 0.5) is 5.82 Å². The van der Waals surface area contributed by atoms with Gasteiger partial charge in [0.25, 0.3) is 0 Å². The fourth-order valence-electron chi connectivity index (χ4n) is 4.07. The molecule has 0 spiro atoms. The third kappa shape index (κ3) is 5.20. The molecule has 0 atom stereocenters. The van der Waals surface area contributed by atoms with E-state index in [9.17, 15) is 4.79 Å². The molecule has 0 amide bonds. The van der Waals surface area contributed by atoms with E-state index in [1.807, 2.05) is 54.6 Å². The van der Waals surface area contributed by atoms with Crippen LogP contribution >= 0.6 is 0 Å². The smallest absolute Gasteiger partial charge is 0.305 e. The largest absolute Gasteiger partial charge is 0.469 e. The molecule has 3 heterocycles. The molecule has 0 aliphatic rings. The first kappa shape index (κ1) is 23.1. The van der Waals surface area contributed by atoms with Gasteiger partial charge in [0.15, 0.2) is 5.82 Å². The van der Waals surface area contributed by atoms with Gasteiger partial charge in [0, 0.05) is 30.6 Å². The van der Waals surface area contributed by atoms with Gasteiger partial charge in [-0.15, -0.1) is 0 Å². The van der Waals surface area contributed by atoms with E-state index < -0.39 is 0 Å². The summed E-state index contributed by atoms with van der Waals surface area (Å²) in [5.74, 6) is 1.03. The molecular weight excluding hydrogens is 450 g/mol. The molecule has 3 aromatic heterocycles. The summed E-state index contributed by atoms with van der Waals surface area (Å²) < 4.78 is 4.76. The summed E-state index contributed by atoms with van der Waals surface area (Å²) >= 11 is 0. The lowest BCUT2D eigenvalue weighted by molar-refractivity contribution is -0.140. The van der Waals surface area contributed by atoms with Gasteiger partial charge in [-0.2, -0.15) is 0 Å². The molecule has 0 unspecified atom stereocenters. The Hall–Kier alpha value is -4.65. The highest BCUT2D eigenvalue weighted by molar-refractivity contribution is 6.02. The van der Waals surface area contributed by atoms with Crippen molar-refractivity contribution in [1.29, 1.82) is 0 Å². The normalized spacial score (nSPS) is 10.8. The molecule has 1 N–H and O–H groups in total. The number of fused-ring (bicyclic) bond motifs is 1. The Balaban J connectivity index is 1.59. The van der Waals surface area contributed by atoms with Gasteiger partial charge >= 0.3 is 5.97 Å². The lowest BCUT2D eigenvalue weighted by Gasteiger charge is -2.14. The van der Waals surface area contributed by atoms with Crippen molar-refractivity contribution in [3.8, 4) is 22.5 Å². The fourth-order valence-corrected chi connectivity index (χ4v) is 4.07. The van der Waals surface area contributed by atoms with Gasteiger partial charge < -0.3 is 10.1 Å². The number of rotatable bonds is 8. The zero-order chi connectivity index (χ0) is 24.7. The molecule has 7 heteroatoms. The molecule has 0 radical (unpaired) electrons. The predicted octanol–water partition coefficient (Wildman–Crippen LogP) is 5.47. The summed E-state index contributed by atoms with van der Waals surface area (Å²) in [7, 11) is 1.39. The van der Waals surface area contributed by atoms with Crippen LogP contribution in [-0.4, -0.2) is 33.0 Å². The average Bonchev–Trinajstić information content (AvgIpc) is 2.95. The van der Waals surface area contributed by atoms with Gasteiger partial charge in [-0.25, -0.2) is 9.97 Å². The van der Waals surface area contributed by atoms with E-state index in [0.29, 0.717) is 18.8 Å². The zero-order valence-electron chi connectivity index (χ0n) is 19.9. The maximum atomic E-state index is 11.6. The number of carbonyl (C=O) groups is 1. The summed E-state index contributed by atoms with van der Waals surface area (Å²) in [6, 6.07) is 24.1. The topological polar surface area (TPSA) is 89.9 Å². The lowest BCUT2D eigenvalue weighted by Crippen LogP contribution is -2.06. The molecule has 0 saturated carbocycles. The maximum absolute atomic E-state index is 11.6. The van der Waals surface area contributed by atoms with Crippen LogP contribution in [0.1, 0.15) is 17.7 Å². The molecule has 0 aliphatic heterocycles. The summed E-state index contributed by atoms with van der Waals surface area (Å²) in [6.45, 7) is 0.521. The summed E-state index contributed by atoms with van der Waals surface area (Å²) in [5, 5.41) is 4.43. The van der Waals surface area contributed by atoms with Crippen LogP contribution in [0.15, 0.2) is 91.4 Å². The highest BCUT2D eigenvalue weighted by atomic mass is 16.5. The highest BCUT2D eigenvalue weighted by Crippen LogP contribution is 2.34. The molecule has 7 nitrogen and oxygen atoms in total. The number of pyridine rings is 2. The van der Waals surface area contributed by atoms with Crippen molar-refractivity contribution in [1.82, 2.24) is 19.9 Å². The monoisotopic (exact) mass is 475 g/mol. The second-order valence-electron chi connectivity index (χ2n) is 8.29. The zero-order valence-corrected chi connectivity index (χ0v) is 19.9. The van der Waals surface area contributed by atoms with E-state index in [4.69, 9.17) is 14.7 Å². The van der Waals surface area contributed by atoms with Gasteiger partial charge in [-0.3, -0.25) is 14.8 Å². The number of nitrogens with zero attached hydrogens (tertiary/aromatic N) is 4. The van der Waals surface area contributed by atoms with Crippen molar-refractivity contribution in [3.05, 3.63) is 103 Å². The quantitative estimate of drug-likeness (QED) is 0.298. The Labute approximate surface area is 209 Å². The number of nitrogens with one attached hydrogen (secondary N) is 1. The van der Waals surface area contributed by atoms with Gasteiger partial charge in [-0.1, -0.05) is 48.5 Å².